The van der Waals surface area contributed by atoms with Gasteiger partial charge in [0, 0.05) is 32.7 Å². The average molecular weight is 328 g/mol. The van der Waals surface area contributed by atoms with Crippen molar-refractivity contribution in [3.63, 3.8) is 0 Å². The highest BCUT2D eigenvalue weighted by Gasteiger charge is 2.24. The average Bonchev–Trinajstić information content (AvgIpc) is 2.67. The summed E-state index contributed by atoms with van der Waals surface area (Å²) in [5.41, 5.74) is 2.30. The van der Waals surface area contributed by atoms with Gasteiger partial charge in [0.15, 0.2) is 0 Å². The second-order valence-electron chi connectivity index (χ2n) is 6.69. The lowest BCUT2D eigenvalue weighted by molar-refractivity contribution is 0.0635. The molecule has 0 aromatic heterocycles. The number of allylic oxidation sites excluding steroid dienone is 1. The third kappa shape index (κ3) is 4.18. The Balaban J connectivity index is 1.49. The van der Waals surface area contributed by atoms with E-state index in [-0.39, 0.29) is 5.91 Å². The highest BCUT2D eigenvalue weighted by atomic mass is 16.5. The van der Waals surface area contributed by atoms with Gasteiger partial charge in [-0.2, -0.15) is 0 Å². The summed E-state index contributed by atoms with van der Waals surface area (Å²) in [7, 11) is 1.62. The molecule has 0 bridgehead atoms. The van der Waals surface area contributed by atoms with E-state index in [9.17, 15) is 4.79 Å². The largest absolute Gasteiger partial charge is 0.496 e. The van der Waals surface area contributed by atoms with Gasteiger partial charge in [-0.1, -0.05) is 23.8 Å². The molecule has 4 nitrogen and oxygen atoms in total. The molecule has 130 valence electrons. The Morgan fingerprint density at radius 1 is 1.12 bits per heavy atom. The molecule has 0 spiro atoms. The summed E-state index contributed by atoms with van der Waals surface area (Å²) >= 11 is 0. The van der Waals surface area contributed by atoms with Crippen molar-refractivity contribution < 1.29 is 9.53 Å². The third-order valence-corrected chi connectivity index (χ3v) is 5.13. The number of carbonyl (C=O) groups excluding carboxylic acids is 1. The molecule has 0 saturated carbocycles. The maximum Gasteiger partial charge on any atom is 0.257 e. The molecule has 0 N–H and O–H groups in total. The molecule has 3 rings (SSSR count). The molecule has 1 saturated heterocycles. The predicted molar refractivity (Wildman–Crippen MR) is 96.5 cm³/mol. The zero-order valence-corrected chi connectivity index (χ0v) is 14.7. The Hall–Kier alpha value is -1.81. The number of hydrogen-bond donors (Lipinski definition) is 0. The number of hydrogen-bond acceptors (Lipinski definition) is 3. The molecule has 24 heavy (non-hydrogen) atoms. The monoisotopic (exact) mass is 328 g/mol. The standard InChI is InChI=1S/C20H28N2O2/c1-24-19-10-6-5-9-18(19)20(23)22-15-13-21(14-16-22)12-11-17-7-3-2-4-8-17/h5-7,9-10H,2-4,8,11-16H2,1H3. The van der Waals surface area contributed by atoms with Crippen molar-refractivity contribution in [1.82, 2.24) is 9.80 Å². The van der Waals surface area contributed by atoms with E-state index in [0.29, 0.717) is 11.3 Å². The number of methoxy groups -OCH3 is 1. The normalized spacial score (nSPS) is 19.0. The first-order valence-corrected chi connectivity index (χ1v) is 9.10. The molecule has 0 radical (unpaired) electrons. The van der Waals surface area contributed by atoms with E-state index in [2.05, 4.69) is 11.0 Å². The summed E-state index contributed by atoms with van der Waals surface area (Å²) in [5.74, 6) is 0.747. The topological polar surface area (TPSA) is 32.8 Å². The minimum absolute atomic E-state index is 0.0853. The van der Waals surface area contributed by atoms with E-state index >= 15 is 0 Å². The van der Waals surface area contributed by atoms with Gasteiger partial charge in [-0.15, -0.1) is 0 Å². The lowest BCUT2D eigenvalue weighted by Crippen LogP contribution is -2.48. The highest BCUT2D eigenvalue weighted by Crippen LogP contribution is 2.22. The second kappa shape index (κ2) is 8.34. The first-order chi connectivity index (χ1) is 11.8. The molecule has 1 aliphatic heterocycles. The van der Waals surface area contributed by atoms with Crippen LogP contribution in [0.1, 0.15) is 42.5 Å². The van der Waals surface area contributed by atoms with Gasteiger partial charge in [0.05, 0.1) is 12.7 Å². The van der Waals surface area contributed by atoms with E-state index in [4.69, 9.17) is 4.74 Å². The van der Waals surface area contributed by atoms with Crippen LogP contribution in [0.2, 0.25) is 0 Å². The quantitative estimate of drug-likeness (QED) is 0.777. The van der Waals surface area contributed by atoms with E-state index < -0.39 is 0 Å². The Bertz CT molecular complexity index is 589. The number of amides is 1. The van der Waals surface area contributed by atoms with E-state index in [1.807, 2.05) is 29.2 Å². The van der Waals surface area contributed by atoms with Crippen LogP contribution in [-0.2, 0) is 0 Å². The van der Waals surface area contributed by atoms with Crippen molar-refractivity contribution in [3.8, 4) is 5.75 Å². The van der Waals surface area contributed by atoms with Crippen molar-refractivity contribution in [3.05, 3.63) is 41.5 Å². The number of piperazine rings is 1. The van der Waals surface area contributed by atoms with Crippen LogP contribution in [0.25, 0.3) is 0 Å². The fourth-order valence-corrected chi connectivity index (χ4v) is 3.60. The highest BCUT2D eigenvalue weighted by molar-refractivity contribution is 5.97. The number of carbonyl (C=O) groups is 1. The van der Waals surface area contributed by atoms with Crippen molar-refractivity contribution in [1.29, 1.82) is 0 Å². The second-order valence-corrected chi connectivity index (χ2v) is 6.69. The Morgan fingerprint density at radius 2 is 1.92 bits per heavy atom. The molecule has 4 heteroatoms. The van der Waals surface area contributed by atoms with Gasteiger partial charge in [-0.25, -0.2) is 0 Å². The van der Waals surface area contributed by atoms with E-state index in [0.717, 1.165) is 32.7 Å². The Labute approximate surface area is 145 Å². The number of nitrogens with zero attached hydrogens (tertiary/aromatic N) is 2. The number of rotatable bonds is 5. The first-order valence-electron chi connectivity index (χ1n) is 9.10. The van der Waals surface area contributed by atoms with Crippen LogP contribution in [-0.4, -0.2) is 55.5 Å². The van der Waals surface area contributed by atoms with Gasteiger partial charge in [-0.05, 0) is 44.2 Å². The van der Waals surface area contributed by atoms with Crippen LogP contribution in [0.15, 0.2) is 35.9 Å². The van der Waals surface area contributed by atoms with Crippen molar-refractivity contribution in [2.24, 2.45) is 0 Å². The van der Waals surface area contributed by atoms with Gasteiger partial charge in [0.2, 0.25) is 0 Å². The predicted octanol–water partition coefficient (Wildman–Crippen LogP) is 3.34. The summed E-state index contributed by atoms with van der Waals surface area (Å²) in [6, 6.07) is 7.49. The minimum atomic E-state index is 0.0853. The number of ether oxygens (including phenoxy) is 1. The van der Waals surface area contributed by atoms with Crippen LogP contribution in [0.3, 0.4) is 0 Å². The van der Waals surface area contributed by atoms with Gasteiger partial charge >= 0.3 is 0 Å². The molecule has 2 aliphatic rings. The zero-order valence-electron chi connectivity index (χ0n) is 14.7. The molecule has 1 fully saturated rings. The smallest absolute Gasteiger partial charge is 0.257 e. The summed E-state index contributed by atoms with van der Waals surface area (Å²) in [6.45, 7) is 4.66. The number of benzene rings is 1. The van der Waals surface area contributed by atoms with E-state index in [1.54, 1.807) is 12.7 Å². The first kappa shape index (κ1) is 17.0. The maximum atomic E-state index is 12.7. The zero-order chi connectivity index (χ0) is 16.8. The molecule has 1 amide bonds. The molecule has 0 atom stereocenters. The van der Waals surface area contributed by atoms with Crippen molar-refractivity contribution in [2.45, 2.75) is 32.1 Å². The van der Waals surface area contributed by atoms with Gasteiger partial charge < -0.3 is 9.64 Å². The SMILES string of the molecule is COc1ccccc1C(=O)N1CCN(CCC2=CCCCC2)CC1. The van der Waals surface area contributed by atoms with Gasteiger partial charge in [0.25, 0.3) is 5.91 Å². The van der Waals surface area contributed by atoms with Crippen LogP contribution in [0, 0.1) is 0 Å². The van der Waals surface area contributed by atoms with E-state index in [1.165, 1.54) is 32.1 Å². The molecule has 0 unspecified atom stereocenters. The van der Waals surface area contributed by atoms with Gasteiger partial charge in [-0.3, -0.25) is 9.69 Å². The lowest BCUT2D eigenvalue weighted by Gasteiger charge is -2.35. The fourth-order valence-electron chi connectivity index (χ4n) is 3.60. The summed E-state index contributed by atoms with van der Waals surface area (Å²) in [6.07, 6.45) is 8.88. The van der Waals surface area contributed by atoms with Crippen LogP contribution in [0.5, 0.6) is 5.75 Å². The molecular formula is C20H28N2O2. The summed E-state index contributed by atoms with van der Waals surface area (Å²) in [4.78, 5) is 17.1. The molecular weight excluding hydrogens is 300 g/mol. The molecule has 1 heterocycles. The van der Waals surface area contributed by atoms with Crippen LogP contribution in [0.4, 0.5) is 0 Å². The number of para-hydroxylation sites is 1. The lowest BCUT2D eigenvalue weighted by atomic mass is 9.97. The van der Waals surface area contributed by atoms with Crippen molar-refractivity contribution >= 4 is 5.91 Å². The molecule has 1 aromatic rings. The minimum Gasteiger partial charge on any atom is -0.496 e. The summed E-state index contributed by atoms with van der Waals surface area (Å²) < 4.78 is 5.32. The van der Waals surface area contributed by atoms with Crippen LogP contribution < -0.4 is 4.74 Å². The van der Waals surface area contributed by atoms with Gasteiger partial charge in [0.1, 0.15) is 5.75 Å². The Morgan fingerprint density at radius 3 is 2.62 bits per heavy atom. The maximum absolute atomic E-state index is 12.7. The fraction of sp³-hybridized carbons (Fsp3) is 0.550. The van der Waals surface area contributed by atoms with Crippen LogP contribution >= 0.6 is 0 Å². The molecule has 1 aromatic carbocycles. The Kier molecular flexibility index (Phi) is 5.91. The van der Waals surface area contributed by atoms with Crippen molar-refractivity contribution in [2.75, 3.05) is 39.8 Å². The third-order valence-electron chi connectivity index (χ3n) is 5.13. The summed E-state index contributed by atoms with van der Waals surface area (Å²) in [5, 5.41) is 0. The molecule has 1 aliphatic carbocycles.